The van der Waals surface area contributed by atoms with Crippen LogP contribution in [-0.4, -0.2) is 11.2 Å². The smallest absolute Gasteiger partial charge is 0.0712 e. The number of rotatable bonds is 2. The Kier molecular flexibility index (Phi) is 1.85. The highest BCUT2D eigenvalue weighted by atomic mass is 15.4. The molecule has 0 fully saturated rings. The van der Waals surface area contributed by atoms with E-state index in [0.717, 1.165) is 17.7 Å². The van der Waals surface area contributed by atoms with E-state index >= 15 is 0 Å². The predicted octanol–water partition coefficient (Wildman–Crippen LogP) is 1.79. The first kappa shape index (κ1) is 7.98. The number of nitrogens with zero attached hydrogens (tertiary/aromatic N) is 1. The third kappa shape index (κ3) is 1.33. The molecule has 2 aromatic rings. The molecule has 3 N–H and O–H groups in total. The molecular formula is C10H13N3. The Morgan fingerprint density at radius 2 is 2.23 bits per heavy atom. The third-order valence-electron chi connectivity index (χ3n) is 2.05. The summed E-state index contributed by atoms with van der Waals surface area (Å²) in [4.78, 5) is 0. The van der Waals surface area contributed by atoms with Crippen molar-refractivity contribution in [3.05, 3.63) is 30.5 Å². The van der Waals surface area contributed by atoms with Crippen molar-refractivity contribution in [2.24, 2.45) is 0 Å². The number of nitrogens with two attached hydrogens (primary N) is 1. The molecule has 0 saturated heterocycles. The minimum Gasteiger partial charge on any atom is -0.399 e. The number of nitrogens with one attached hydrogen (secondary N) is 1. The van der Waals surface area contributed by atoms with E-state index in [1.165, 1.54) is 5.39 Å². The zero-order chi connectivity index (χ0) is 9.26. The first-order chi connectivity index (χ1) is 6.31. The number of anilines is 1. The fourth-order valence-electron chi connectivity index (χ4n) is 1.45. The fraction of sp³-hybridized carbons (Fsp3) is 0.200. The summed E-state index contributed by atoms with van der Waals surface area (Å²) in [5.74, 6) is 0. The maximum atomic E-state index is 5.71. The van der Waals surface area contributed by atoms with Gasteiger partial charge >= 0.3 is 0 Å². The molecule has 3 heteroatoms. The number of aromatic nitrogens is 1. The van der Waals surface area contributed by atoms with Crippen molar-refractivity contribution < 1.29 is 0 Å². The molecule has 0 aliphatic carbocycles. The van der Waals surface area contributed by atoms with Gasteiger partial charge < -0.3 is 11.2 Å². The van der Waals surface area contributed by atoms with E-state index in [1.807, 2.05) is 29.1 Å². The van der Waals surface area contributed by atoms with Crippen LogP contribution in [0.25, 0.3) is 10.9 Å². The zero-order valence-corrected chi connectivity index (χ0v) is 7.62. The Balaban J connectivity index is 2.58. The van der Waals surface area contributed by atoms with Gasteiger partial charge in [-0.3, -0.25) is 4.68 Å². The number of hydrogen-bond acceptors (Lipinski definition) is 2. The molecule has 68 valence electrons. The van der Waals surface area contributed by atoms with Crippen LogP contribution in [0.4, 0.5) is 5.69 Å². The normalized spacial score (nSPS) is 10.5. The molecule has 0 aliphatic heterocycles. The Hall–Kier alpha value is -1.64. The van der Waals surface area contributed by atoms with E-state index in [2.05, 4.69) is 18.4 Å². The Bertz CT molecular complexity index is 417. The number of nitrogen functional groups attached to an aromatic ring is 1. The second-order valence-electron chi connectivity index (χ2n) is 3.02. The summed E-state index contributed by atoms with van der Waals surface area (Å²) in [6.07, 6.45) is 2.01. The Labute approximate surface area is 77.1 Å². The summed E-state index contributed by atoms with van der Waals surface area (Å²) in [6.45, 7) is 2.97. The average molecular weight is 175 g/mol. The third-order valence-corrected chi connectivity index (χ3v) is 2.05. The molecule has 1 aromatic carbocycles. The quantitative estimate of drug-likeness (QED) is 0.683. The molecule has 0 saturated carbocycles. The molecule has 1 aromatic heterocycles. The second kappa shape index (κ2) is 3.01. The maximum Gasteiger partial charge on any atom is 0.0712 e. The molecule has 3 nitrogen and oxygen atoms in total. The number of fused-ring (bicyclic) bond motifs is 1. The molecule has 0 spiro atoms. The van der Waals surface area contributed by atoms with Gasteiger partial charge in [0.2, 0.25) is 0 Å². The van der Waals surface area contributed by atoms with Crippen LogP contribution in [0, 0.1) is 0 Å². The summed E-state index contributed by atoms with van der Waals surface area (Å²) < 4.78 is 1.99. The van der Waals surface area contributed by atoms with Crippen LogP contribution in [-0.2, 0) is 0 Å². The number of hydrogen-bond donors (Lipinski definition) is 2. The Morgan fingerprint density at radius 1 is 1.38 bits per heavy atom. The highest BCUT2D eigenvalue weighted by Crippen LogP contribution is 2.17. The molecule has 0 unspecified atom stereocenters. The molecule has 0 atom stereocenters. The molecular weight excluding hydrogens is 162 g/mol. The van der Waals surface area contributed by atoms with Crippen LogP contribution in [0.1, 0.15) is 6.92 Å². The lowest BCUT2D eigenvalue weighted by atomic mass is 10.2. The summed E-state index contributed by atoms with van der Waals surface area (Å²) in [6, 6.07) is 7.98. The van der Waals surface area contributed by atoms with Crippen molar-refractivity contribution in [2.75, 3.05) is 17.7 Å². The lowest BCUT2D eigenvalue weighted by molar-refractivity contribution is 0.901. The standard InChI is InChI=1S/C10H13N3/c1-2-12-13-6-5-8-3-4-9(11)7-10(8)13/h3-7,12H,2,11H2,1H3. The SMILES string of the molecule is CCNn1ccc2ccc(N)cc21. The largest absolute Gasteiger partial charge is 0.399 e. The summed E-state index contributed by atoms with van der Waals surface area (Å²) >= 11 is 0. The molecule has 0 radical (unpaired) electrons. The van der Waals surface area contributed by atoms with Crippen LogP contribution < -0.4 is 11.2 Å². The molecule has 1 heterocycles. The van der Waals surface area contributed by atoms with Gasteiger partial charge in [-0.2, -0.15) is 0 Å². The van der Waals surface area contributed by atoms with Crippen molar-refractivity contribution in [3.63, 3.8) is 0 Å². The van der Waals surface area contributed by atoms with Gasteiger partial charge in [0.15, 0.2) is 0 Å². The van der Waals surface area contributed by atoms with Crippen LogP contribution >= 0.6 is 0 Å². The molecule has 0 aliphatic rings. The lowest BCUT2D eigenvalue weighted by Gasteiger charge is -2.06. The maximum absolute atomic E-state index is 5.71. The van der Waals surface area contributed by atoms with Crippen LogP contribution in [0.2, 0.25) is 0 Å². The zero-order valence-electron chi connectivity index (χ0n) is 7.62. The van der Waals surface area contributed by atoms with Crippen molar-refractivity contribution in [1.82, 2.24) is 4.68 Å². The molecule has 0 bridgehead atoms. The van der Waals surface area contributed by atoms with Gasteiger partial charge in [-0.15, -0.1) is 0 Å². The lowest BCUT2D eigenvalue weighted by Crippen LogP contribution is -2.11. The van der Waals surface area contributed by atoms with Crippen molar-refractivity contribution >= 4 is 16.6 Å². The van der Waals surface area contributed by atoms with Crippen LogP contribution in [0.5, 0.6) is 0 Å². The molecule has 13 heavy (non-hydrogen) atoms. The van der Waals surface area contributed by atoms with E-state index in [1.54, 1.807) is 0 Å². The van der Waals surface area contributed by atoms with Crippen molar-refractivity contribution in [1.29, 1.82) is 0 Å². The van der Waals surface area contributed by atoms with E-state index in [-0.39, 0.29) is 0 Å². The highest BCUT2D eigenvalue weighted by molar-refractivity contribution is 5.83. The summed E-state index contributed by atoms with van der Waals surface area (Å²) in [5.41, 5.74) is 10.8. The van der Waals surface area contributed by atoms with Gasteiger partial charge in [0.25, 0.3) is 0 Å². The Morgan fingerprint density at radius 3 is 3.00 bits per heavy atom. The van der Waals surface area contributed by atoms with E-state index in [0.29, 0.717) is 0 Å². The average Bonchev–Trinajstić information content (AvgIpc) is 2.49. The van der Waals surface area contributed by atoms with Crippen LogP contribution in [0.3, 0.4) is 0 Å². The summed E-state index contributed by atoms with van der Waals surface area (Å²) in [7, 11) is 0. The first-order valence-electron chi connectivity index (χ1n) is 4.41. The van der Waals surface area contributed by atoms with E-state index in [4.69, 9.17) is 5.73 Å². The molecule has 2 rings (SSSR count). The monoisotopic (exact) mass is 175 g/mol. The summed E-state index contributed by atoms with van der Waals surface area (Å²) in [5, 5.41) is 1.20. The van der Waals surface area contributed by atoms with E-state index in [9.17, 15) is 0 Å². The minimum absolute atomic E-state index is 0.797. The van der Waals surface area contributed by atoms with Gasteiger partial charge in [0.05, 0.1) is 5.52 Å². The van der Waals surface area contributed by atoms with Crippen molar-refractivity contribution in [2.45, 2.75) is 6.92 Å². The molecule has 0 amide bonds. The minimum atomic E-state index is 0.797. The van der Waals surface area contributed by atoms with Crippen molar-refractivity contribution in [3.8, 4) is 0 Å². The van der Waals surface area contributed by atoms with Gasteiger partial charge in [-0.05, 0) is 25.1 Å². The first-order valence-corrected chi connectivity index (χ1v) is 4.41. The number of benzene rings is 1. The van der Waals surface area contributed by atoms with Crippen LogP contribution in [0.15, 0.2) is 30.5 Å². The second-order valence-corrected chi connectivity index (χ2v) is 3.02. The highest BCUT2D eigenvalue weighted by Gasteiger charge is 1.98. The van der Waals surface area contributed by atoms with Gasteiger partial charge in [-0.25, -0.2) is 0 Å². The topological polar surface area (TPSA) is 43.0 Å². The van der Waals surface area contributed by atoms with Gasteiger partial charge in [0.1, 0.15) is 0 Å². The fourth-order valence-corrected chi connectivity index (χ4v) is 1.45. The predicted molar refractivity (Wildman–Crippen MR) is 56.3 cm³/mol. The van der Waals surface area contributed by atoms with E-state index < -0.39 is 0 Å². The van der Waals surface area contributed by atoms with Gasteiger partial charge in [-0.1, -0.05) is 6.07 Å². The van der Waals surface area contributed by atoms with Gasteiger partial charge in [0, 0.05) is 23.8 Å².